The van der Waals surface area contributed by atoms with Gasteiger partial charge in [-0.25, -0.2) is 0 Å². The first kappa shape index (κ1) is 24.0. The van der Waals surface area contributed by atoms with Crippen LogP contribution >= 0.6 is 15.9 Å². The number of hydrogen-bond acceptors (Lipinski definition) is 1. The summed E-state index contributed by atoms with van der Waals surface area (Å²) in [6.07, 6.45) is 8.57. The molecule has 4 saturated carbocycles. The minimum absolute atomic E-state index is 0.0219. The fourth-order valence-corrected chi connectivity index (χ4v) is 9.81. The first-order valence-corrected chi connectivity index (χ1v) is 15.6. The molecule has 0 amide bonds. The van der Waals surface area contributed by atoms with Crippen molar-refractivity contribution in [2.24, 2.45) is 17.8 Å². The average Bonchev–Trinajstić information content (AvgIpc) is 3.15. The van der Waals surface area contributed by atoms with E-state index in [-0.39, 0.29) is 5.41 Å². The van der Waals surface area contributed by atoms with Crippen LogP contribution in [0.25, 0.3) is 11.1 Å². The van der Waals surface area contributed by atoms with E-state index in [4.69, 9.17) is 0 Å². The Labute approximate surface area is 241 Å². The van der Waals surface area contributed by atoms with E-state index in [9.17, 15) is 0 Å². The molecule has 4 aromatic rings. The summed E-state index contributed by atoms with van der Waals surface area (Å²) in [5.74, 6) is 2.80. The Morgan fingerprint density at radius 2 is 1.26 bits per heavy atom. The van der Waals surface area contributed by atoms with Crippen molar-refractivity contribution in [2.45, 2.75) is 63.2 Å². The molecule has 196 valence electrons. The third-order valence-corrected chi connectivity index (χ3v) is 11.1. The summed E-state index contributed by atoms with van der Waals surface area (Å²) in [6, 6.07) is 34.3. The molecule has 0 unspecified atom stereocenters. The van der Waals surface area contributed by atoms with E-state index in [0.717, 1.165) is 17.8 Å². The molecular weight excluding hydrogens is 538 g/mol. The van der Waals surface area contributed by atoms with Crippen LogP contribution in [0.1, 0.15) is 69.1 Å². The number of halogens is 1. The Bertz CT molecular complexity index is 1550. The zero-order chi connectivity index (χ0) is 26.4. The highest BCUT2D eigenvalue weighted by atomic mass is 79.9. The van der Waals surface area contributed by atoms with Crippen molar-refractivity contribution in [3.63, 3.8) is 0 Å². The molecule has 5 aliphatic rings. The first-order chi connectivity index (χ1) is 18.9. The van der Waals surface area contributed by atoms with Crippen molar-refractivity contribution in [3.8, 4) is 11.1 Å². The molecule has 4 bridgehead atoms. The average molecular weight is 575 g/mol. The molecule has 0 heterocycles. The normalized spacial score (nSPS) is 27.3. The van der Waals surface area contributed by atoms with Crippen molar-refractivity contribution in [1.82, 2.24) is 0 Å². The lowest BCUT2D eigenvalue weighted by molar-refractivity contribution is -0.00519. The highest BCUT2D eigenvalue weighted by molar-refractivity contribution is 9.10. The van der Waals surface area contributed by atoms with E-state index in [0.29, 0.717) is 5.41 Å². The van der Waals surface area contributed by atoms with Gasteiger partial charge in [0, 0.05) is 26.9 Å². The molecule has 1 nitrogen and oxygen atoms in total. The molecule has 0 aromatic heterocycles. The Hall–Kier alpha value is -2.84. The SMILES string of the molecule is CC1(C)c2ccccc2-c2ccc(N(c3ccccc3)c3cc(Br)cc(C45CC6CC(CC(C6)C4)C5)c3)cc21. The number of anilines is 3. The molecule has 0 atom stereocenters. The number of hydrogen-bond donors (Lipinski definition) is 0. The molecule has 5 aliphatic carbocycles. The number of rotatable bonds is 4. The van der Waals surface area contributed by atoms with Crippen LogP contribution in [-0.2, 0) is 10.8 Å². The van der Waals surface area contributed by atoms with Crippen molar-refractivity contribution >= 4 is 33.0 Å². The predicted octanol–water partition coefficient (Wildman–Crippen LogP) is 10.7. The van der Waals surface area contributed by atoms with Gasteiger partial charge in [0.15, 0.2) is 0 Å². The highest BCUT2D eigenvalue weighted by Gasteiger charge is 2.51. The van der Waals surface area contributed by atoms with Crippen molar-refractivity contribution < 1.29 is 0 Å². The maximum absolute atomic E-state index is 3.97. The van der Waals surface area contributed by atoms with Crippen molar-refractivity contribution in [1.29, 1.82) is 0 Å². The standard InChI is InChI=1S/C37H36BrN/c1-36(2)34-11-7-6-10-32(34)33-13-12-30(20-35(33)36)39(29-8-4-3-5-9-29)31-18-27(17-28(38)19-31)37-21-24-14-25(22-37)16-26(15-24)23-37/h3-13,17-20,24-26H,14-16,21-23H2,1-2H3. The molecule has 4 aromatic carbocycles. The van der Waals surface area contributed by atoms with Crippen LogP contribution in [0.4, 0.5) is 17.1 Å². The third kappa shape index (κ3) is 3.70. The fourth-order valence-electron chi connectivity index (χ4n) is 9.33. The summed E-state index contributed by atoms with van der Waals surface area (Å²) < 4.78 is 1.19. The van der Waals surface area contributed by atoms with Crippen LogP contribution in [0.3, 0.4) is 0 Å². The summed E-state index contributed by atoms with van der Waals surface area (Å²) in [6.45, 7) is 4.75. The summed E-state index contributed by atoms with van der Waals surface area (Å²) in [5, 5.41) is 0. The molecule has 0 aliphatic heterocycles. The lowest BCUT2D eigenvalue weighted by Gasteiger charge is -2.57. The van der Waals surface area contributed by atoms with Gasteiger partial charge in [-0.15, -0.1) is 0 Å². The second-order valence-electron chi connectivity index (χ2n) is 13.5. The predicted molar refractivity (Wildman–Crippen MR) is 166 cm³/mol. The highest BCUT2D eigenvalue weighted by Crippen LogP contribution is 2.61. The minimum atomic E-state index is -0.0219. The van der Waals surface area contributed by atoms with Crippen LogP contribution < -0.4 is 4.90 Å². The van der Waals surface area contributed by atoms with Crippen molar-refractivity contribution in [2.75, 3.05) is 4.90 Å². The Kier molecular flexibility index (Phi) is 5.28. The van der Waals surface area contributed by atoms with E-state index in [1.54, 1.807) is 5.56 Å². The van der Waals surface area contributed by atoms with Crippen LogP contribution in [-0.4, -0.2) is 0 Å². The van der Waals surface area contributed by atoms with E-state index in [1.807, 2.05) is 0 Å². The van der Waals surface area contributed by atoms with Gasteiger partial charge in [0.1, 0.15) is 0 Å². The lowest BCUT2D eigenvalue weighted by atomic mass is 9.48. The molecule has 39 heavy (non-hydrogen) atoms. The summed E-state index contributed by atoms with van der Waals surface area (Å²) in [5.41, 5.74) is 11.2. The van der Waals surface area contributed by atoms with E-state index < -0.39 is 0 Å². The summed E-state index contributed by atoms with van der Waals surface area (Å²) in [7, 11) is 0. The zero-order valence-corrected chi connectivity index (χ0v) is 24.5. The Balaban J connectivity index is 1.27. The van der Waals surface area contributed by atoms with Gasteiger partial charge in [0.25, 0.3) is 0 Å². The summed E-state index contributed by atoms with van der Waals surface area (Å²) in [4.78, 5) is 2.48. The van der Waals surface area contributed by atoms with Gasteiger partial charge >= 0.3 is 0 Å². The number of nitrogens with zero attached hydrogens (tertiary/aromatic N) is 1. The number of benzene rings is 4. The van der Waals surface area contributed by atoms with Gasteiger partial charge in [-0.05, 0) is 132 Å². The van der Waals surface area contributed by atoms with Gasteiger partial charge in [-0.1, -0.05) is 78.3 Å². The molecule has 0 saturated heterocycles. The quantitative estimate of drug-likeness (QED) is 0.234. The molecule has 9 rings (SSSR count). The molecule has 0 spiro atoms. The van der Waals surface area contributed by atoms with Gasteiger partial charge < -0.3 is 4.90 Å². The fraction of sp³-hybridized carbons (Fsp3) is 0.351. The topological polar surface area (TPSA) is 3.24 Å². The van der Waals surface area contributed by atoms with Gasteiger partial charge in [0.05, 0.1) is 0 Å². The lowest BCUT2D eigenvalue weighted by Crippen LogP contribution is -2.48. The van der Waals surface area contributed by atoms with E-state index in [2.05, 4.69) is 126 Å². The largest absolute Gasteiger partial charge is 0.310 e. The molecule has 0 radical (unpaired) electrons. The third-order valence-electron chi connectivity index (χ3n) is 10.6. The van der Waals surface area contributed by atoms with Gasteiger partial charge in [0.2, 0.25) is 0 Å². The van der Waals surface area contributed by atoms with Crippen LogP contribution in [0.2, 0.25) is 0 Å². The number of para-hydroxylation sites is 1. The molecular formula is C37H36BrN. The Morgan fingerprint density at radius 3 is 1.97 bits per heavy atom. The van der Waals surface area contributed by atoms with Crippen molar-refractivity contribution in [3.05, 3.63) is 112 Å². The number of fused-ring (bicyclic) bond motifs is 3. The maximum atomic E-state index is 3.97. The van der Waals surface area contributed by atoms with Gasteiger partial charge in [-0.3, -0.25) is 0 Å². The zero-order valence-electron chi connectivity index (χ0n) is 23.0. The van der Waals surface area contributed by atoms with Gasteiger partial charge in [-0.2, -0.15) is 0 Å². The summed E-state index contributed by atoms with van der Waals surface area (Å²) >= 11 is 3.97. The van der Waals surface area contributed by atoms with Crippen LogP contribution in [0.15, 0.2) is 95.5 Å². The second-order valence-corrected chi connectivity index (χ2v) is 14.4. The maximum Gasteiger partial charge on any atom is 0.0475 e. The van der Waals surface area contributed by atoms with Crippen LogP contribution in [0.5, 0.6) is 0 Å². The first-order valence-electron chi connectivity index (χ1n) is 14.8. The van der Waals surface area contributed by atoms with E-state index >= 15 is 0 Å². The van der Waals surface area contributed by atoms with E-state index in [1.165, 1.54) is 82.3 Å². The Morgan fingerprint density at radius 1 is 0.615 bits per heavy atom. The monoisotopic (exact) mass is 573 g/mol. The minimum Gasteiger partial charge on any atom is -0.310 e. The molecule has 2 heteroatoms. The molecule has 4 fully saturated rings. The molecule has 0 N–H and O–H groups in total. The second kappa shape index (κ2) is 8.58. The smallest absolute Gasteiger partial charge is 0.0475 e. The van der Waals surface area contributed by atoms with Crippen LogP contribution in [0, 0.1) is 17.8 Å².